The smallest absolute Gasteiger partial charge is 0.140 e. The first kappa shape index (κ1) is 47.3. The number of halogens is 5. The van der Waals surface area contributed by atoms with Gasteiger partial charge in [-0.15, -0.1) is 34.0 Å². The van der Waals surface area contributed by atoms with Gasteiger partial charge in [-0.2, -0.15) is 0 Å². The van der Waals surface area contributed by atoms with Crippen LogP contribution in [0.15, 0.2) is 0 Å². The quantitative estimate of drug-likeness (QED) is 0.138. The van der Waals surface area contributed by atoms with Crippen LogP contribution in [0.4, 0.5) is 0 Å². The minimum absolute atomic E-state index is 0. The SMILES string of the molecule is Br.Br.C1CCOC1.C1CCOCC1.OCBr.OCCCCBr.OCCCCCBr.OCO. The van der Waals surface area contributed by atoms with E-state index < -0.39 is 6.79 Å². The number of hydrogen-bond donors (Lipinski definition) is 5. The molecule has 0 aliphatic carbocycles. The molecule has 32 heavy (non-hydrogen) atoms. The van der Waals surface area contributed by atoms with Gasteiger partial charge in [-0.25, -0.2) is 0 Å². The maximum atomic E-state index is 8.28. The molecule has 0 amide bonds. The van der Waals surface area contributed by atoms with Crippen LogP contribution in [0.1, 0.15) is 64.2 Å². The van der Waals surface area contributed by atoms with E-state index in [4.69, 9.17) is 35.0 Å². The maximum Gasteiger partial charge on any atom is 0.140 e. The van der Waals surface area contributed by atoms with E-state index in [1.54, 1.807) is 0 Å². The molecule has 0 spiro atoms. The molecular weight excluding hydrogens is 752 g/mol. The molecule has 0 aromatic rings. The van der Waals surface area contributed by atoms with E-state index in [2.05, 4.69) is 47.8 Å². The third kappa shape index (κ3) is 76.8. The molecule has 0 radical (unpaired) electrons. The lowest BCUT2D eigenvalue weighted by Crippen LogP contribution is -2.03. The van der Waals surface area contributed by atoms with Crippen molar-refractivity contribution < 1.29 is 35.0 Å². The zero-order valence-corrected chi connectivity index (χ0v) is 27.3. The summed E-state index contributed by atoms with van der Waals surface area (Å²) in [6.45, 7) is 3.92. The predicted molar refractivity (Wildman–Crippen MR) is 156 cm³/mol. The van der Waals surface area contributed by atoms with Gasteiger partial charge in [0.1, 0.15) is 6.79 Å². The van der Waals surface area contributed by atoms with Crippen LogP contribution in [0.25, 0.3) is 0 Å². The highest BCUT2D eigenvalue weighted by molar-refractivity contribution is 9.09. The first-order valence-corrected chi connectivity index (χ1v) is 13.9. The van der Waals surface area contributed by atoms with E-state index in [0.717, 1.165) is 62.8 Å². The van der Waals surface area contributed by atoms with Gasteiger partial charge in [-0.05, 0) is 57.8 Å². The van der Waals surface area contributed by atoms with Crippen LogP contribution >= 0.6 is 81.8 Å². The lowest BCUT2D eigenvalue weighted by atomic mass is 10.2. The molecule has 12 heteroatoms. The number of aliphatic hydroxyl groups is 5. The highest BCUT2D eigenvalue weighted by atomic mass is 79.9. The molecule has 204 valence electrons. The van der Waals surface area contributed by atoms with E-state index in [9.17, 15) is 0 Å². The van der Waals surface area contributed by atoms with Crippen molar-refractivity contribution in [2.45, 2.75) is 64.2 Å². The van der Waals surface area contributed by atoms with Gasteiger partial charge in [0.2, 0.25) is 0 Å². The largest absolute Gasteiger partial charge is 0.396 e. The molecule has 0 atom stereocenters. The summed E-state index contributed by atoms with van der Waals surface area (Å²) in [4.78, 5) is 0. The average Bonchev–Trinajstić information content (AvgIpc) is 3.36. The molecule has 7 nitrogen and oxygen atoms in total. The highest BCUT2D eigenvalue weighted by Crippen LogP contribution is 2.02. The number of aliphatic hydroxyl groups excluding tert-OH is 4. The molecular formula is C20H47Br5O7. The molecule has 2 rings (SSSR count). The van der Waals surface area contributed by atoms with Crippen LogP contribution in [-0.4, -0.2) is 88.1 Å². The number of alkyl halides is 3. The van der Waals surface area contributed by atoms with Crippen LogP contribution in [0, 0.1) is 0 Å². The van der Waals surface area contributed by atoms with Crippen molar-refractivity contribution in [2.75, 3.05) is 62.6 Å². The van der Waals surface area contributed by atoms with E-state index in [-0.39, 0.29) is 39.5 Å². The summed E-state index contributed by atoms with van der Waals surface area (Å²) >= 11 is 9.24. The first-order valence-electron chi connectivity index (χ1n) is 10.5. The minimum Gasteiger partial charge on any atom is -0.396 e. The number of rotatable bonds is 7. The maximum absolute atomic E-state index is 8.28. The van der Waals surface area contributed by atoms with Gasteiger partial charge in [-0.3, -0.25) is 0 Å². The fraction of sp³-hybridized carbons (Fsp3) is 1.00. The van der Waals surface area contributed by atoms with Crippen molar-refractivity contribution in [2.24, 2.45) is 0 Å². The summed E-state index contributed by atoms with van der Waals surface area (Å²) in [5.41, 5.74) is 0.0625. The van der Waals surface area contributed by atoms with Gasteiger partial charge in [0.05, 0.1) is 5.52 Å². The minimum atomic E-state index is -0.750. The summed E-state index contributed by atoms with van der Waals surface area (Å²) in [5, 5.41) is 40.3. The van der Waals surface area contributed by atoms with Gasteiger partial charge in [-0.1, -0.05) is 54.2 Å². The van der Waals surface area contributed by atoms with Crippen molar-refractivity contribution in [3.63, 3.8) is 0 Å². The van der Waals surface area contributed by atoms with Crippen molar-refractivity contribution >= 4 is 81.8 Å². The topological polar surface area (TPSA) is 120 Å². The van der Waals surface area contributed by atoms with Crippen LogP contribution in [-0.2, 0) is 9.47 Å². The molecule has 5 N–H and O–H groups in total. The van der Waals surface area contributed by atoms with Crippen molar-refractivity contribution in [3.8, 4) is 0 Å². The van der Waals surface area contributed by atoms with E-state index in [0.29, 0.717) is 13.2 Å². The van der Waals surface area contributed by atoms with Gasteiger partial charge in [0.15, 0.2) is 0 Å². The molecule has 0 unspecified atom stereocenters. The molecule has 2 aliphatic heterocycles. The highest BCUT2D eigenvalue weighted by Gasteiger charge is 1.95. The summed E-state index contributed by atoms with van der Waals surface area (Å²) in [7, 11) is 0. The van der Waals surface area contributed by atoms with E-state index >= 15 is 0 Å². The van der Waals surface area contributed by atoms with Crippen molar-refractivity contribution in [1.82, 2.24) is 0 Å². The second kappa shape index (κ2) is 58.7. The Morgan fingerprint density at radius 2 is 0.781 bits per heavy atom. The molecule has 0 saturated carbocycles. The Balaban J connectivity index is -0.0000000641. The number of ether oxygens (including phenoxy) is 2. The van der Waals surface area contributed by atoms with E-state index in [1.165, 1.54) is 38.5 Å². The Morgan fingerprint density at radius 1 is 0.500 bits per heavy atom. The molecule has 0 bridgehead atoms. The van der Waals surface area contributed by atoms with Crippen molar-refractivity contribution in [3.05, 3.63) is 0 Å². The van der Waals surface area contributed by atoms with Gasteiger partial charge in [0.25, 0.3) is 0 Å². The lowest BCUT2D eigenvalue weighted by Gasteiger charge is -2.08. The first-order chi connectivity index (χ1) is 14.7. The third-order valence-corrected chi connectivity index (χ3v) is 4.36. The van der Waals surface area contributed by atoms with E-state index in [1.807, 2.05) is 0 Å². The van der Waals surface area contributed by atoms with Crippen molar-refractivity contribution in [1.29, 1.82) is 0 Å². The monoisotopic (exact) mass is 794 g/mol. The molecule has 2 saturated heterocycles. The molecule has 2 fully saturated rings. The van der Waals surface area contributed by atoms with Crippen LogP contribution in [0.2, 0.25) is 0 Å². The molecule has 0 aromatic carbocycles. The zero-order chi connectivity index (χ0) is 23.6. The summed E-state index contributed by atoms with van der Waals surface area (Å²) in [5.74, 6) is 0. The second-order valence-corrected chi connectivity index (χ2v) is 7.93. The Bertz CT molecular complexity index is 201. The Kier molecular flexibility index (Phi) is 86.9. The zero-order valence-electron chi connectivity index (χ0n) is 19.1. The summed E-state index contributed by atoms with van der Waals surface area (Å²) in [6, 6.07) is 0. The van der Waals surface area contributed by atoms with Crippen LogP contribution < -0.4 is 0 Å². The molecule has 0 aromatic heterocycles. The summed E-state index contributed by atoms with van der Waals surface area (Å²) in [6.07, 6.45) is 11.8. The second-order valence-electron chi connectivity index (χ2n) is 5.85. The lowest BCUT2D eigenvalue weighted by molar-refractivity contribution is 0.0773. The van der Waals surface area contributed by atoms with Gasteiger partial charge < -0.3 is 35.0 Å². The van der Waals surface area contributed by atoms with Gasteiger partial charge >= 0.3 is 0 Å². The van der Waals surface area contributed by atoms with Crippen LogP contribution in [0.3, 0.4) is 0 Å². The normalized spacial score (nSPS) is 13.1. The Labute approximate surface area is 242 Å². The Hall–Kier alpha value is 2.12. The Morgan fingerprint density at radius 3 is 0.969 bits per heavy atom. The fourth-order valence-corrected chi connectivity index (χ4v) is 2.58. The predicted octanol–water partition coefficient (Wildman–Crippen LogP) is 5.10. The van der Waals surface area contributed by atoms with Crippen LogP contribution in [0.5, 0.6) is 0 Å². The molecule has 2 heterocycles. The molecule has 2 aliphatic rings. The fourth-order valence-electron chi connectivity index (χ4n) is 1.79. The standard InChI is InChI=1S/C5H11BrO.C5H10O.C4H9BrO.C4H8O.CH3BrO.CH4O2.2BrH/c6-4-2-1-3-5-7;1-2-4-6-5-3-1;5-3-1-2-4-6;1-2-4-5-3-1;2*2-1-3;;/h7H,1-5H2;1-5H2;6H,1-4H2;1-4H2;3H,1H2;2-3H,1H2;2*1H. The summed E-state index contributed by atoms with van der Waals surface area (Å²) < 4.78 is 10.0. The number of unbranched alkanes of at least 4 members (excludes halogenated alkanes) is 3. The van der Waals surface area contributed by atoms with Gasteiger partial charge in [0, 0.05) is 50.3 Å². The average molecular weight is 799 g/mol. The number of hydrogen-bond acceptors (Lipinski definition) is 7. The third-order valence-electron chi connectivity index (χ3n) is 3.24.